The molecule has 0 aromatic heterocycles. The molecule has 0 atom stereocenters. The van der Waals surface area contributed by atoms with E-state index in [1.165, 1.54) is 5.56 Å². The van der Waals surface area contributed by atoms with Crippen LogP contribution in [0.15, 0.2) is 18.2 Å². The van der Waals surface area contributed by atoms with Crippen molar-refractivity contribution in [3.05, 3.63) is 34.9 Å². The van der Waals surface area contributed by atoms with Crippen molar-refractivity contribution < 1.29 is 0 Å². The van der Waals surface area contributed by atoms with Gasteiger partial charge in [0.2, 0.25) is 0 Å². The number of rotatable bonds is 1. The Kier molecular flexibility index (Phi) is 2.12. The molecule has 0 aliphatic heterocycles. The van der Waals surface area contributed by atoms with Crippen LogP contribution < -0.4 is 0 Å². The molecular formula is C8H8Cl. The molecule has 1 radical (unpaired) electrons. The van der Waals surface area contributed by atoms with Gasteiger partial charge >= 0.3 is 0 Å². The number of halogens is 1. The van der Waals surface area contributed by atoms with Crippen molar-refractivity contribution >= 4 is 11.6 Å². The summed E-state index contributed by atoms with van der Waals surface area (Å²) in [6.45, 7) is 2.10. The molecule has 0 fully saturated rings. The zero-order valence-corrected chi connectivity index (χ0v) is 6.07. The third-order valence-corrected chi connectivity index (χ3v) is 1.44. The summed E-state index contributed by atoms with van der Waals surface area (Å²) >= 11 is 5.69. The van der Waals surface area contributed by atoms with Crippen LogP contribution in [-0.4, -0.2) is 0 Å². The van der Waals surface area contributed by atoms with E-state index in [9.17, 15) is 0 Å². The lowest BCUT2D eigenvalue weighted by molar-refractivity contribution is 1.14. The van der Waals surface area contributed by atoms with Crippen LogP contribution >= 0.6 is 11.6 Å². The molecule has 9 heavy (non-hydrogen) atoms. The van der Waals surface area contributed by atoms with Gasteiger partial charge in [0.1, 0.15) is 0 Å². The fraction of sp³-hybridized carbons (Fsp3) is 0.250. The van der Waals surface area contributed by atoms with Gasteiger partial charge in [0, 0.05) is 5.02 Å². The number of aryl methyl sites for hydroxylation is 1. The maximum atomic E-state index is 5.69. The minimum absolute atomic E-state index is 0.773. The summed E-state index contributed by atoms with van der Waals surface area (Å²) in [5, 5.41) is 0.773. The van der Waals surface area contributed by atoms with Crippen LogP contribution in [0.5, 0.6) is 0 Å². The lowest BCUT2D eigenvalue weighted by Gasteiger charge is -1.93. The second-order valence-corrected chi connectivity index (χ2v) is 2.35. The molecule has 1 heteroatoms. The molecule has 0 aliphatic rings. The predicted molar refractivity (Wildman–Crippen MR) is 39.7 cm³/mol. The van der Waals surface area contributed by atoms with Crippen molar-refractivity contribution in [1.82, 2.24) is 0 Å². The van der Waals surface area contributed by atoms with E-state index in [1.54, 1.807) is 6.07 Å². The van der Waals surface area contributed by atoms with E-state index in [0.717, 1.165) is 11.4 Å². The molecule has 0 saturated carbocycles. The maximum Gasteiger partial charge on any atom is 0.0414 e. The first-order valence-corrected chi connectivity index (χ1v) is 3.36. The van der Waals surface area contributed by atoms with E-state index < -0.39 is 0 Å². The first kappa shape index (κ1) is 6.63. The van der Waals surface area contributed by atoms with E-state index in [0.29, 0.717) is 0 Å². The quantitative estimate of drug-likeness (QED) is 0.561. The van der Waals surface area contributed by atoms with Crippen molar-refractivity contribution in [3.63, 3.8) is 0 Å². The number of benzene rings is 1. The molecule has 47 valence electrons. The third-order valence-electron chi connectivity index (χ3n) is 1.22. The minimum atomic E-state index is 0.773. The van der Waals surface area contributed by atoms with E-state index in [4.69, 9.17) is 11.6 Å². The zero-order chi connectivity index (χ0) is 6.69. The van der Waals surface area contributed by atoms with Crippen molar-refractivity contribution in [2.24, 2.45) is 0 Å². The fourth-order valence-electron chi connectivity index (χ4n) is 0.693. The van der Waals surface area contributed by atoms with Gasteiger partial charge in [0.05, 0.1) is 0 Å². The standard InChI is InChI=1S/C8H8Cl/c1-2-7-4-3-5-8(9)6-7/h4-6H,2H2,1H3. The SMILES string of the molecule is CCc1c[c]cc(Cl)c1. The average Bonchev–Trinajstić information content (AvgIpc) is 1.88. The highest BCUT2D eigenvalue weighted by atomic mass is 35.5. The molecular weight excluding hydrogens is 132 g/mol. The maximum absolute atomic E-state index is 5.69. The molecule has 0 unspecified atom stereocenters. The highest BCUT2D eigenvalue weighted by Gasteiger charge is 1.87. The summed E-state index contributed by atoms with van der Waals surface area (Å²) in [7, 11) is 0. The second kappa shape index (κ2) is 2.88. The fourth-order valence-corrected chi connectivity index (χ4v) is 0.896. The number of hydrogen-bond donors (Lipinski definition) is 0. The average molecular weight is 140 g/mol. The van der Waals surface area contributed by atoms with Crippen molar-refractivity contribution in [2.45, 2.75) is 13.3 Å². The molecule has 1 rings (SSSR count). The van der Waals surface area contributed by atoms with Crippen LogP contribution in [0.2, 0.25) is 5.02 Å². The van der Waals surface area contributed by atoms with Crippen molar-refractivity contribution in [1.29, 1.82) is 0 Å². The van der Waals surface area contributed by atoms with Crippen LogP contribution in [0.3, 0.4) is 0 Å². The van der Waals surface area contributed by atoms with Gasteiger partial charge in [-0.3, -0.25) is 0 Å². The molecule has 0 bridgehead atoms. The van der Waals surface area contributed by atoms with E-state index in [-0.39, 0.29) is 0 Å². The first-order chi connectivity index (χ1) is 4.33. The van der Waals surface area contributed by atoms with Gasteiger partial charge in [-0.1, -0.05) is 24.6 Å². The molecule has 0 nitrogen and oxygen atoms in total. The molecule has 0 N–H and O–H groups in total. The van der Waals surface area contributed by atoms with Crippen LogP contribution in [0.4, 0.5) is 0 Å². The summed E-state index contributed by atoms with van der Waals surface area (Å²) in [5.41, 5.74) is 1.24. The molecule has 0 amide bonds. The van der Waals surface area contributed by atoms with Crippen LogP contribution in [-0.2, 0) is 6.42 Å². The summed E-state index contributed by atoms with van der Waals surface area (Å²) in [6.07, 6.45) is 1.02. The van der Waals surface area contributed by atoms with Gasteiger partial charge in [-0.25, -0.2) is 0 Å². The molecule has 0 saturated heterocycles. The van der Waals surface area contributed by atoms with Gasteiger partial charge < -0.3 is 0 Å². The van der Waals surface area contributed by atoms with Gasteiger partial charge in [0.25, 0.3) is 0 Å². The summed E-state index contributed by atoms with van der Waals surface area (Å²) in [5.74, 6) is 0. The third kappa shape index (κ3) is 1.72. The Morgan fingerprint density at radius 3 is 2.78 bits per heavy atom. The van der Waals surface area contributed by atoms with Crippen LogP contribution in [0.25, 0.3) is 0 Å². The largest absolute Gasteiger partial charge is 0.0843 e. The lowest BCUT2D eigenvalue weighted by atomic mass is 10.2. The second-order valence-electron chi connectivity index (χ2n) is 1.91. The molecule has 1 aromatic rings. The molecule has 1 aromatic carbocycles. The van der Waals surface area contributed by atoms with Gasteiger partial charge in [-0.2, -0.15) is 0 Å². The Morgan fingerprint density at radius 2 is 2.33 bits per heavy atom. The number of hydrogen-bond acceptors (Lipinski definition) is 0. The molecule has 0 heterocycles. The van der Waals surface area contributed by atoms with Gasteiger partial charge in [-0.05, 0) is 30.2 Å². The van der Waals surface area contributed by atoms with Crippen LogP contribution in [0.1, 0.15) is 12.5 Å². The molecule has 0 spiro atoms. The highest BCUT2D eigenvalue weighted by molar-refractivity contribution is 6.30. The topological polar surface area (TPSA) is 0 Å². The first-order valence-electron chi connectivity index (χ1n) is 2.98. The minimum Gasteiger partial charge on any atom is -0.0843 e. The Morgan fingerprint density at radius 1 is 1.56 bits per heavy atom. The van der Waals surface area contributed by atoms with Crippen molar-refractivity contribution in [2.75, 3.05) is 0 Å². The van der Waals surface area contributed by atoms with Crippen molar-refractivity contribution in [3.8, 4) is 0 Å². The predicted octanol–water partition coefficient (Wildman–Crippen LogP) is 2.70. The zero-order valence-electron chi connectivity index (χ0n) is 5.32. The summed E-state index contributed by atoms with van der Waals surface area (Å²) < 4.78 is 0. The normalized spacial score (nSPS) is 9.56. The summed E-state index contributed by atoms with van der Waals surface area (Å²) in [6, 6.07) is 8.62. The summed E-state index contributed by atoms with van der Waals surface area (Å²) in [4.78, 5) is 0. The van der Waals surface area contributed by atoms with E-state index in [2.05, 4.69) is 13.0 Å². The highest BCUT2D eigenvalue weighted by Crippen LogP contribution is 2.09. The molecule has 0 aliphatic carbocycles. The Bertz CT molecular complexity index is 194. The van der Waals surface area contributed by atoms with E-state index >= 15 is 0 Å². The van der Waals surface area contributed by atoms with E-state index in [1.807, 2.05) is 12.1 Å². The Balaban J connectivity index is 2.94. The van der Waals surface area contributed by atoms with Crippen LogP contribution in [0, 0.1) is 6.07 Å². The monoisotopic (exact) mass is 139 g/mol. The van der Waals surface area contributed by atoms with Gasteiger partial charge in [-0.15, -0.1) is 0 Å². The Labute approximate surface area is 60.5 Å². The van der Waals surface area contributed by atoms with Gasteiger partial charge in [0.15, 0.2) is 0 Å². The lowest BCUT2D eigenvalue weighted by Crippen LogP contribution is -1.76. The smallest absolute Gasteiger partial charge is 0.0414 e. The Hall–Kier alpha value is -0.490.